The maximum atomic E-state index is 11.9. The molecular formula is C20H28IN3O3. The maximum Gasteiger partial charge on any atom is 0.310 e. The molecule has 1 aliphatic heterocycles. The number of carbonyl (C=O) groups is 1. The van der Waals surface area contributed by atoms with Crippen molar-refractivity contribution in [1.82, 2.24) is 10.2 Å². The molecule has 0 amide bonds. The van der Waals surface area contributed by atoms with E-state index >= 15 is 0 Å². The minimum absolute atomic E-state index is 0. The Morgan fingerprint density at radius 3 is 2.85 bits per heavy atom. The SMILES string of the molecule is CCNC(=NCCc1cc2ccccc2o1)N1CC(C)C(C(=O)OC)C1.I. The second kappa shape index (κ2) is 9.96. The second-order valence-corrected chi connectivity index (χ2v) is 6.75. The Labute approximate surface area is 177 Å². The quantitative estimate of drug-likeness (QED) is 0.305. The van der Waals surface area contributed by atoms with Gasteiger partial charge in [-0.25, -0.2) is 0 Å². The van der Waals surface area contributed by atoms with E-state index in [0.29, 0.717) is 13.1 Å². The third-order valence-electron chi connectivity index (χ3n) is 4.85. The first-order valence-electron chi connectivity index (χ1n) is 9.21. The highest BCUT2D eigenvalue weighted by atomic mass is 127. The van der Waals surface area contributed by atoms with Gasteiger partial charge in [0.15, 0.2) is 5.96 Å². The summed E-state index contributed by atoms with van der Waals surface area (Å²) in [5, 5.41) is 4.45. The fourth-order valence-electron chi connectivity index (χ4n) is 3.46. The van der Waals surface area contributed by atoms with Crippen LogP contribution in [0.5, 0.6) is 0 Å². The van der Waals surface area contributed by atoms with E-state index in [-0.39, 0.29) is 41.8 Å². The number of halogens is 1. The zero-order valence-corrected chi connectivity index (χ0v) is 18.4. The van der Waals surface area contributed by atoms with Gasteiger partial charge in [0.2, 0.25) is 0 Å². The second-order valence-electron chi connectivity index (χ2n) is 6.75. The molecule has 1 N–H and O–H groups in total. The molecule has 0 spiro atoms. The van der Waals surface area contributed by atoms with Gasteiger partial charge in [-0.2, -0.15) is 0 Å². The van der Waals surface area contributed by atoms with Crippen LogP contribution in [-0.2, 0) is 16.0 Å². The van der Waals surface area contributed by atoms with Crippen LogP contribution in [0.4, 0.5) is 0 Å². The molecule has 0 aliphatic carbocycles. The molecule has 6 nitrogen and oxygen atoms in total. The summed E-state index contributed by atoms with van der Waals surface area (Å²) in [6.07, 6.45) is 0.743. The lowest BCUT2D eigenvalue weighted by molar-refractivity contribution is -0.145. The number of hydrogen-bond acceptors (Lipinski definition) is 4. The Hall–Kier alpha value is -1.77. The molecule has 2 aromatic rings. The molecule has 0 bridgehead atoms. The van der Waals surface area contributed by atoms with Crippen molar-refractivity contribution in [2.75, 3.05) is 33.3 Å². The van der Waals surface area contributed by atoms with Crippen molar-refractivity contribution >= 4 is 46.9 Å². The van der Waals surface area contributed by atoms with E-state index in [1.165, 1.54) is 7.11 Å². The zero-order valence-electron chi connectivity index (χ0n) is 16.1. The molecule has 3 rings (SSSR count). The highest BCUT2D eigenvalue weighted by Crippen LogP contribution is 2.24. The Bertz CT molecular complexity index is 757. The summed E-state index contributed by atoms with van der Waals surface area (Å²) in [5.41, 5.74) is 0.910. The number of benzene rings is 1. The number of likely N-dealkylation sites (tertiary alicyclic amines) is 1. The first-order valence-corrected chi connectivity index (χ1v) is 9.21. The Kier molecular flexibility index (Phi) is 7.94. The summed E-state index contributed by atoms with van der Waals surface area (Å²) in [4.78, 5) is 18.8. The van der Waals surface area contributed by atoms with Crippen LogP contribution in [0.15, 0.2) is 39.7 Å². The third-order valence-corrected chi connectivity index (χ3v) is 4.85. The molecule has 1 aromatic heterocycles. The zero-order chi connectivity index (χ0) is 18.5. The van der Waals surface area contributed by atoms with Crippen LogP contribution in [0.25, 0.3) is 11.0 Å². The summed E-state index contributed by atoms with van der Waals surface area (Å²) in [7, 11) is 1.45. The molecule has 1 saturated heterocycles. The molecule has 2 atom stereocenters. The Morgan fingerprint density at radius 2 is 2.15 bits per heavy atom. The fourth-order valence-corrected chi connectivity index (χ4v) is 3.46. The number of rotatable bonds is 5. The maximum absolute atomic E-state index is 11.9. The number of furan rings is 1. The number of para-hydroxylation sites is 1. The van der Waals surface area contributed by atoms with Crippen molar-refractivity contribution in [3.8, 4) is 0 Å². The van der Waals surface area contributed by atoms with Crippen LogP contribution < -0.4 is 5.32 Å². The standard InChI is InChI=1S/C20H27N3O3.HI/c1-4-21-20(23-12-14(2)17(13-23)19(24)25-3)22-10-9-16-11-15-7-5-6-8-18(15)26-16;/h5-8,11,14,17H,4,9-10,12-13H2,1-3H3,(H,21,22);1H. The average molecular weight is 485 g/mol. The first-order chi connectivity index (χ1) is 12.6. The summed E-state index contributed by atoms with van der Waals surface area (Å²) in [6, 6.07) is 10.1. The molecule has 7 heteroatoms. The Balaban J connectivity index is 0.00000261. The van der Waals surface area contributed by atoms with Gasteiger partial charge in [-0.15, -0.1) is 24.0 Å². The van der Waals surface area contributed by atoms with E-state index in [0.717, 1.165) is 42.2 Å². The molecule has 1 aliphatic rings. The van der Waals surface area contributed by atoms with Gasteiger partial charge in [0, 0.05) is 38.0 Å². The molecular weight excluding hydrogens is 457 g/mol. The monoisotopic (exact) mass is 485 g/mol. The Morgan fingerprint density at radius 1 is 1.37 bits per heavy atom. The van der Waals surface area contributed by atoms with Crippen molar-refractivity contribution in [2.45, 2.75) is 20.3 Å². The smallest absolute Gasteiger partial charge is 0.310 e. The summed E-state index contributed by atoms with van der Waals surface area (Å²) < 4.78 is 10.8. The molecule has 1 fully saturated rings. The number of carbonyl (C=O) groups excluding carboxylic acids is 1. The van der Waals surface area contributed by atoms with Crippen LogP contribution in [0.3, 0.4) is 0 Å². The molecule has 0 saturated carbocycles. The minimum atomic E-state index is -0.141. The van der Waals surface area contributed by atoms with Crippen molar-refractivity contribution in [1.29, 1.82) is 0 Å². The van der Waals surface area contributed by atoms with Crippen LogP contribution in [0.2, 0.25) is 0 Å². The minimum Gasteiger partial charge on any atom is -0.469 e. The average Bonchev–Trinajstić information content (AvgIpc) is 3.23. The third kappa shape index (κ3) is 5.15. The van der Waals surface area contributed by atoms with Crippen molar-refractivity contribution in [3.63, 3.8) is 0 Å². The van der Waals surface area contributed by atoms with E-state index in [9.17, 15) is 4.79 Å². The van der Waals surface area contributed by atoms with Crippen LogP contribution >= 0.6 is 24.0 Å². The van der Waals surface area contributed by atoms with Crippen LogP contribution in [0, 0.1) is 11.8 Å². The van der Waals surface area contributed by atoms with E-state index in [4.69, 9.17) is 14.1 Å². The number of hydrogen-bond donors (Lipinski definition) is 1. The number of fused-ring (bicyclic) bond motifs is 1. The normalized spacial score (nSPS) is 19.8. The number of esters is 1. The largest absolute Gasteiger partial charge is 0.469 e. The van der Waals surface area contributed by atoms with Gasteiger partial charge in [0.25, 0.3) is 0 Å². The lowest BCUT2D eigenvalue weighted by Gasteiger charge is -2.21. The van der Waals surface area contributed by atoms with Gasteiger partial charge < -0.3 is 19.4 Å². The van der Waals surface area contributed by atoms with Crippen molar-refractivity contribution in [2.24, 2.45) is 16.8 Å². The van der Waals surface area contributed by atoms with Crippen molar-refractivity contribution in [3.05, 3.63) is 36.1 Å². The topological polar surface area (TPSA) is 67.1 Å². The van der Waals surface area contributed by atoms with E-state index < -0.39 is 0 Å². The van der Waals surface area contributed by atoms with E-state index in [1.54, 1.807) is 0 Å². The van der Waals surface area contributed by atoms with E-state index in [1.807, 2.05) is 31.2 Å². The predicted molar refractivity (Wildman–Crippen MR) is 118 cm³/mol. The molecule has 2 unspecified atom stereocenters. The van der Waals surface area contributed by atoms with Gasteiger partial charge in [0.05, 0.1) is 13.0 Å². The lowest BCUT2D eigenvalue weighted by atomic mass is 9.99. The van der Waals surface area contributed by atoms with Gasteiger partial charge in [0.1, 0.15) is 11.3 Å². The molecule has 0 radical (unpaired) electrons. The van der Waals surface area contributed by atoms with Crippen molar-refractivity contribution < 1.29 is 13.9 Å². The number of nitrogens with zero attached hydrogens (tertiary/aromatic N) is 2. The van der Waals surface area contributed by atoms with Gasteiger partial charge in [-0.1, -0.05) is 25.1 Å². The molecule has 148 valence electrons. The number of nitrogens with one attached hydrogen (secondary N) is 1. The summed E-state index contributed by atoms with van der Waals surface area (Å²) >= 11 is 0. The van der Waals surface area contributed by atoms with Crippen LogP contribution in [-0.4, -0.2) is 50.1 Å². The van der Waals surface area contributed by atoms with Gasteiger partial charge >= 0.3 is 5.97 Å². The summed E-state index contributed by atoms with van der Waals surface area (Å²) in [6.45, 7) is 7.00. The highest BCUT2D eigenvalue weighted by Gasteiger charge is 2.36. The summed E-state index contributed by atoms with van der Waals surface area (Å²) in [5.74, 6) is 1.80. The molecule has 1 aromatic carbocycles. The van der Waals surface area contributed by atoms with E-state index in [2.05, 4.69) is 23.2 Å². The van der Waals surface area contributed by atoms with Gasteiger partial charge in [-0.3, -0.25) is 9.79 Å². The number of aliphatic imine (C=N–C) groups is 1. The van der Waals surface area contributed by atoms with Crippen LogP contribution in [0.1, 0.15) is 19.6 Å². The molecule has 27 heavy (non-hydrogen) atoms. The predicted octanol–water partition coefficient (Wildman–Crippen LogP) is 3.30. The fraction of sp³-hybridized carbons (Fsp3) is 0.500. The lowest BCUT2D eigenvalue weighted by Crippen LogP contribution is -2.40. The number of ether oxygens (including phenoxy) is 1. The number of methoxy groups -OCH3 is 1. The first kappa shape index (κ1) is 21.5. The highest BCUT2D eigenvalue weighted by molar-refractivity contribution is 14.0. The number of guanidine groups is 1. The van der Waals surface area contributed by atoms with Gasteiger partial charge in [-0.05, 0) is 25.0 Å². The molecule has 2 heterocycles.